The summed E-state index contributed by atoms with van der Waals surface area (Å²) in [6, 6.07) is 2.83. The molecule has 1 aromatic carbocycles. The lowest BCUT2D eigenvalue weighted by molar-refractivity contribution is -0.120. The first-order chi connectivity index (χ1) is 9.20. The number of anilines is 1. The van der Waals surface area contributed by atoms with Gasteiger partial charge in [0.25, 0.3) is 0 Å². The van der Waals surface area contributed by atoms with Crippen LogP contribution in [0.2, 0.25) is 0 Å². The van der Waals surface area contributed by atoms with Gasteiger partial charge in [-0.2, -0.15) is 5.10 Å². The Balaban J connectivity index is 2.11. The summed E-state index contributed by atoms with van der Waals surface area (Å²) in [4.78, 5) is 35.3. The zero-order valence-corrected chi connectivity index (χ0v) is 9.84. The number of rotatable bonds is 2. The van der Waals surface area contributed by atoms with E-state index in [9.17, 15) is 14.4 Å². The molecule has 2 N–H and O–H groups in total. The number of amides is 3. The van der Waals surface area contributed by atoms with Crippen LogP contribution in [-0.4, -0.2) is 35.0 Å². The van der Waals surface area contributed by atoms with Crippen molar-refractivity contribution in [1.29, 1.82) is 0 Å². The van der Waals surface area contributed by atoms with E-state index in [2.05, 4.69) is 15.5 Å². The quantitative estimate of drug-likeness (QED) is 0.779. The monoisotopic (exact) mass is 258 g/mol. The minimum atomic E-state index is -0.467. The lowest BCUT2D eigenvalue weighted by Crippen LogP contribution is -2.49. The fourth-order valence-electron chi connectivity index (χ4n) is 2.16. The minimum absolute atomic E-state index is 0.247. The van der Waals surface area contributed by atoms with Crippen LogP contribution in [0.25, 0.3) is 10.9 Å². The summed E-state index contributed by atoms with van der Waals surface area (Å²) in [7, 11) is 0. The number of imide groups is 1. The van der Waals surface area contributed by atoms with E-state index in [-0.39, 0.29) is 12.3 Å². The summed E-state index contributed by atoms with van der Waals surface area (Å²) in [6.07, 6.45) is 2.52. The van der Waals surface area contributed by atoms with Gasteiger partial charge in [0.15, 0.2) is 6.29 Å². The summed E-state index contributed by atoms with van der Waals surface area (Å²) < 4.78 is 0. The summed E-state index contributed by atoms with van der Waals surface area (Å²) in [5.41, 5.74) is 1.71. The molecular formula is C12H10N4O3. The Hall–Kier alpha value is -2.70. The molecule has 2 aromatic rings. The Morgan fingerprint density at radius 1 is 1.32 bits per heavy atom. The zero-order valence-electron chi connectivity index (χ0n) is 9.84. The van der Waals surface area contributed by atoms with Crippen molar-refractivity contribution in [2.45, 2.75) is 6.42 Å². The molecule has 0 saturated carbocycles. The number of aldehydes is 1. The van der Waals surface area contributed by atoms with Crippen LogP contribution in [0.5, 0.6) is 0 Å². The number of aromatic nitrogens is 2. The standard InChI is InChI=1S/C12H10N4O3/c17-6-7-1-2-9(11-8(7)5-13-15-11)16-4-3-10(18)14-12(16)19/h1-2,5-6H,3-4H2,(H,13,15)(H,14,18,19). The Labute approximate surface area is 107 Å². The van der Waals surface area contributed by atoms with Gasteiger partial charge in [-0.05, 0) is 12.1 Å². The van der Waals surface area contributed by atoms with Crippen LogP contribution in [0.3, 0.4) is 0 Å². The Morgan fingerprint density at radius 2 is 2.16 bits per heavy atom. The highest BCUT2D eigenvalue weighted by atomic mass is 16.2. The second-order valence-electron chi connectivity index (χ2n) is 4.21. The molecule has 1 aliphatic heterocycles. The molecule has 1 aliphatic rings. The molecule has 0 bridgehead atoms. The summed E-state index contributed by atoms with van der Waals surface area (Å²) in [5, 5.41) is 9.58. The predicted molar refractivity (Wildman–Crippen MR) is 67.0 cm³/mol. The van der Waals surface area contributed by atoms with E-state index in [0.29, 0.717) is 28.7 Å². The first-order valence-corrected chi connectivity index (χ1v) is 5.73. The highest BCUT2D eigenvalue weighted by Crippen LogP contribution is 2.28. The molecule has 19 heavy (non-hydrogen) atoms. The third-order valence-corrected chi connectivity index (χ3v) is 3.10. The van der Waals surface area contributed by atoms with Crippen molar-refractivity contribution in [3.05, 3.63) is 23.9 Å². The number of benzene rings is 1. The molecule has 3 rings (SSSR count). The van der Waals surface area contributed by atoms with Gasteiger partial charge in [-0.1, -0.05) is 0 Å². The smallest absolute Gasteiger partial charge is 0.298 e. The van der Waals surface area contributed by atoms with Crippen LogP contribution in [0.15, 0.2) is 18.3 Å². The van der Waals surface area contributed by atoms with Crippen LogP contribution in [0.1, 0.15) is 16.8 Å². The largest absolute Gasteiger partial charge is 0.328 e. The number of H-pyrrole nitrogens is 1. The fourth-order valence-corrected chi connectivity index (χ4v) is 2.16. The van der Waals surface area contributed by atoms with E-state index in [1.54, 1.807) is 12.1 Å². The lowest BCUT2D eigenvalue weighted by atomic mass is 10.1. The number of nitrogens with one attached hydrogen (secondary N) is 2. The molecule has 0 radical (unpaired) electrons. The van der Waals surface area contributed by atoms with Gasteiger partial charge in [-0.25, -0.2) is 4.79 Å². The van der Waals surface area contributed by atoms with E-state index in [0.717, 1.165) is 6.29 Å². The van der Waals surface area contributed by atoms with Crippen LogP contribution < -0.4 is 10.2 Å². The highest BCUT2D eigenvalue weighted by molar-refractivity contribution is 6.11. The summed E-state index contributed by atoms with van der Waals surface area (Å²) in [6.45, 7) is 0.305. The Morgan fingerprint density at radius 3 is 2.89 bits per heavy atom. The number of nitrogens with zero attached hydrogens (tertiary/aromatic N) is 2. The van der Waals surface area contributed by atoms with Crippen molar-refractivity contribution in [1.82, 2.24) is 15.5 Å². The third kappa shape index (κ3) is 1.75. The Bertz CT molecular complexity index is 691. The SMILES string of the molecule is O=Cc1ccc(N2CCC(=O)NC2=O)c2[nH]ncc12. The Kier molecular flexibility index (Phi) is 2.52. The molecule has 7 heteroatoms. The number of urea groups is 1. The van der Waals surface area contributed by atoms with Crippen LogP contribution in [-0.2, 0) is 4.79 Å². The van der Waals surface area contributed by atoms with Gasteiger partial charge in [0.05, 0.1) is 17.4 Å². The lowest BCUT2D eigenvalue weighted by Gasteiger charge is -2.26. The number of hydrogen-bond donors (Lipinski definition) is 2. The van der Waals surface area contributed by atoms with E-state index >= 15 is 0 Å². The molecule has 1 saturated heterocycles. The molecule has 1 aromatic heterocycles. The maximum Gasteiger partial charge on any atom is 0.328 e. The second-order valence-corrected chi connectivity index (χ2v) is 4.21. The number of carbonyl (C=O) groups excluding carboxylic acids is 3. The average molecular weight is 258 g/mol. The van der Waals surface area contributed by atoms with Crippen molar-refractivity contribution in [3.8, 4) is 0 Å². The van der Waals surface area contributed by atoms with E-state index < -0.39 is 6.03 Å². The van der Waals surface area contributed by atoms with E-state index in [1.807, 2.05) is 0 Å². The maximum absolute atomic E-state index is 11.8. The number of hydrogen-bond acceptors (Lipinski definition) is 4. The van der Waals surface area contributed by atoms with Gasteiger partial charge < -0.3 is 0 Å². The molecule has 0 spiro atoms. The first kappa shape index (κ1) is 11.4. The van der Waals surface area contributed by atoms with Gasteiger partial charge in [0, 0.05) is 23.9 Å². The fraction of sp³-hybridized carbons (Fsp3) is 0.167. The molecule has 7 nitrogen and oxygen atoms in total. The summed E-state index contributed by atoms with van der Waals surface area (Å²) >= 11 is 0. The molecule has 3 amide bonds. The van der Waals surface area contributed by atoms with Crippen molar-refractivity contribution in [2.75, 3.05) is 11.4 Å². The predicted octanol–water partition coefficient (Wildman–Crippen LogP) is 0.822. The van der Waals surface area contributed by atoms with Gasteiger partial charge in [0.1, 0.15) is 0 Å². The molecule has 0 unspecified atom stereocenters. The molecule has 2 heterocycles. The molecular weight excluding hydrogens is 248 g/mol. The van der Waals surface area contributed by atoms with Crippen molar-refractivity contribution in [2.24, 2.45) is 0 Å². The van der Waals surface area contributed by atoms with Gasteiger partial charge in [-0.15, -0.1) is 0 Å². The normalized spacial score (nSPS) is 15.7. The highest BCUT2D eigenvalue weighted by Gasteiger charge is 2.26. The topological polar surface area (TPSA) is 95.2 Å². The van der Waals surface area contributed by atoms with Crippen LogP contribution in [0, 0.1) is 0 Å². The zero-order chi connectivity index (χ0) is 13.4. The molecule has 96 valence electrons. The average Bonchev–Trinajstić information content (AvgIpc) is 2.87. The van der Waals surface area contributed by atoms with E-state index in [4.69, 9.17) is 0 Å². The van der Waals surface area contributed by atoms with Gasteiger partial charge >= 0.3 is 6.03 Å². The van der Waals surface area contributed by atoms with Crippen molar-refractivity contribution < 1.29 is 14.4 Å². The molecule has 1 fully saturated rings. The number of fused-ring (bicyclic) bond motifs is 1. The van der Waals surface area contributed by atoms with E-state index in [1.165, 1.54) is 11.1 Å². The van der Waals surface area contributed by atoms with Gasteiger partial charge in [-0.3, -0.25) is 24.9 Å². The minimum Gasteiger partial charge on any atom is -0.298 e. The van der Waals surface area contributed by atoms with Crippen molar-refractivity contribution >= 4 is 34.8 Å². The number of aromatic amines is 1. The first-order valence-electron chi connectivity index (χ1n) is 5.73. The van der Waals surface area contributed by atoms with Crippen molar-refractivity contribution in [3.63, 3.8) is 0 Å². The number of carbonyl (C=O) groups is 3. The maximum atomic E-state index is 11.8. The third-order valence-electron chi connectivity index (χ3n) is 3.10. The second kappa shape index (κ2) is 4.20. The van der Waals surface area contributed by atoms with Crippen LogP contribution in [0.4, 0.5) is 10.5 Å². The molecule has 0 aliphatic carbocycles. The molecule has 0 atom stereocenters. The van der Waals surface area contributed by atoms with Gasteiger partial charge in [0.2, 0.25) is 5.91 Å². The summed E-state index contributed by atoms with van der Waals surface area (Å²) in [5.74, 6) is -0.286. The van der Waals surface area contributed by atoms with Crippen LogP contribution >= 0.6 is 0 Å².